The molecule has 0 spiro atoms. The van der Waals surface area contributed by atoms with Crippen molar-refractivity contribution in [2.75, 3.05) is 6.54 Å². The SMILES string of the molecule is Cn1c(CN2CCCC2c2nc3c([nH]2)CCCC3)nnc1C1CC1. The van der Waals surface area contributed by atoms with Gasteiger partial charge in [-0.1, -0.05) is 0 Å². The number of hydrogen-bond acceptors (Lipinski definition) is 4. The van der Waals surface area contributed by atoms with Crippen LogP contribution in [0.4, 0.5) is 0 Å². The van der Waals surface area contributed by atoms with Crippen LogP contribution in [0.2, 0.25) is 0 Å². The molecular weight excluding hydrogens is 300 g/mol. The summed E-state index contributed by atoms with van der Waals surface area (Å²) in [6.45, 7) is 2.01. The Morgan fingerprint density at radius 3 is 2.79 bits per heavy atom. The van der Waals surface area contributed by atoms with E-state index in [9.17, 15) is 0 Å². The van der Waals surface area contributed by atoms with Crippen LogP contribution < -0.4 is 0 Å². The molecule has 2 aromatic heterocycles. The smallest absolute Gasteiger partial charge is 0.146 e. The molecule has 2 fully saturated rings. The lowest BCUT2D eigenvalue weighted by Crippen LogP contribution is -2.25. The molecule has 0 amide bonds. The number of imidazole rings is 1. The number of nitrogens with one attached hydrogen (secondary N) is 1. The largest absolute Gasteiger partial charge is 0.344 e. The molecule has 1 saturated heterocycles. The van der Waals surface area contributed by atoms with Gasteiger partial charge in [-0.2, -0.15) is 0 Å². The standard InChI is InChI=1S/C18H26N6/c1-23-16(21-22-18(23)12-8-9-12)11-24-10-4-7-15(24)17-19-13-5-2-3-6-14(13)20-17/h12,15H,2-11H2,1H3,(H,19,20). The first-order chi connectivity index (χ1) is 11.8. The first-order valence-electron chi connectivity index (χ1n) is 9.49. The van der Waals surface area contributed by atoms with Gasteiger partial charge in [-0.3, -0.25) is 4.90 Å². The third-order valence-corrected chi connectivity index (χ3v) is 5.94. The Morgan fingerprint density at radius 1 is 1.08 bits per heavy atom. The van der Waals surface area contributed by atoms with Crippen LogP contribution in [0, 0.1) is 0 Å². The van der Waals surface area contributed by atoms with Gasteiger partial charge >= 0.3 is 0 Å². The molecule has 1 unspecified atom stereocenters. The average Bonchev–Trinajstić information content (AvgIpc) is 3.03. The first-order valence-corrected chi connectivity index (χ1v) is 9.49. The first kappa shape index (κ1) is 14.6. The second-order valence-electron chi connectivity index (χ2n) is 7.69. The topological polar surface area (TPSA) is 62.6 Å². The summed E-state index contributed by atoms with van der Waals surface area (Å²) >= 11 is 0. The normalized spacial score (nSPS) is 24.5. The van der Waals surface area contributed by atoms with Gasteiger partial charge in [0.15, 0.2) is 0 Å². The highest BCUT2D eigenvalue weighted by Crippen LogP contribution is 2.39. The minimum atomic E-state index is 0.414. The van der Waals surface area contributed by atoms with Gasteiger partial charge in [0.2, 0.25) is 0 Å². The van der Waals surface area contributed by atoms with E-state index in [0.717, 1.165) is 25.3 Å². The van der Waals surface area contributed by atoms with Crippen LogP contribution in [0.3, 0.4) is 0 Å². The van der Waals surface area contributed by atoms with Crippen molar-refractivity contribution in [1.82, 2.24) is 29.6 Å². The van der Waals surface area contributed by atoms with Crippen LogP contribution in [0.15, 0.2) is 0 Å². The molecule has 3 aliphatic rings. The highest BCUT2D eigenvalue weighted by molar-refractivity contribution is 5.20. The van der Waals surface area contributed by atoms with Gasteiger partial charge in [-0.05, 0) is 57.9 Å². The number of likely N-dealkylation sites (tertiary alicyclic amines) is 1. The number of aryl methyl sites for hydroxylation is 2. The van der Waals surface area contributed by atoms with E-state index in [-0.39, 0.29) is 0 Å². The maximum atomic E-state index is 4.95. The maximum absolute atomic E-state index is 4.95. The number of rotatable bonds is 4. The Bertz CT molecular complexity index is 717. The van der Waals surface area contributed by atoms with Crippen molar-refractivity contribution in [1.29, 1.82) is 0 Å². The van der Waals surface area contributed by atoms with E-state index >= 15 is 0 Å². The molecular formula is C18H26N6. The molecule has 5 rings (SSSR count). The summed E-state index contributed by atoms with van der Waals surface area (Å²) in [5, 5.41) is 8.91. The third-order valence-electron chi connectivity index (χ3n) is 5.94. The van der Waals surface area contributed by atoms with Crippen LogP contribution in [-0.4, -0.2) is 36.2 Å². The van der Waals surface area contributed by atoms with Crippen molar-refractivity contribution in [3.8, 4) is 0 Å². The predicted octanol–water partition coefficient (Wildman–Crippen LogP) is 2.63. The molecule has 1 saturated carbocycles. The van der Waals surface area contributed by atoms with Crippen molar-refractivity contribution in [3.63, 3.8) is 0 Å². The summed E-state index contributed by atoms with van der Waals surface area (Å²) in [6.07, 6.45) is 9.88. The number of aromatic nitrogens is 5. The van der Waals surface area contributed by atoms with E-state index in [1.807, 2.05) is 0 Å². The lowest BCUT2D eigenvalue weighted by molar-refractivity contribution is 0.232. The number of aromatic amines is 1. The number of hydrogen-bond donors (Lipinski definition) is 1. The molecule has 128 valence electrons. The molecule has 3 heterocycles. The number of H-pyrrole nitrogens is 1. The van der Waals surface area contributed by atoms with Gasteiger partial charge in [0.25, 0.3) is 0 Å². The fraction of sp³-hybridized carbons (Fsp3) is 0.722. The Labute approximate surface area is 142 Å². The van der Waals surface area contributed by atoms with Gasteiger partial charge in [0, 0.05) is 18.7 Å². The quantitative estimate of drug-likeness (QED) is 0.938. The second-order valence-corrected chi connectivity index (χ2v) is 7.69. The van der Waals surface area contributed by atoms with Gasteiger partial charge < -0.3 is 9.55 Å². The minimum Gasteiger partial charge on any atom is -0.344 e. The van der Waals surface area contributed by atoms with Crippen LogP contribution in [-0.2, 0) is 26.4 Å². The van der Waals surface area contributed by atoms with Crippen molar-refractivity contribution in [3.05, 3.63) is 28.9 Å². The summed E-state index contributed by atoms with van der Waals surface area (Å²) in [4.78, 5) is 11.1. The predicted molar refractivity (Wildman–Crippen MR) is 90.6 cm³/mol. The summed E-state index contributed by atoms with van der Waals surface area (Å²) < 4.78 is 2.22. The van der Waals surface area contributed by atoms with Crippen molar-refractivity contribution < 1.29 is 0 Å². The third kappa shape index (κ3) is 2.48. The molecule has 6 nitrogen and oxygen atoms in total. The Morgan fingerprint density at radius 2 is 1.96 bits per heavy atom. The molecule has 0 bridgehead atoms. The van der Waals surface area contributed by atoms with Crippen LogP contribution in [0.1, 0.15) is 79.3 Å². The molecule has 1 N–H and O–H groups in total. The lowest BCUT2D eigenvalue weighted by Gasteiger charge is -2.22. The Balaban J connectivity index is 1.36. The van der Waals surface area contributed by atoms with Gasteiger partial charge in [-0.25, -0.2) is 4.98 Å². The summed E-state index contributed by atoms with van der Waals surface area (Å²) in [7, 11) is 2.12. The van der Waals surface area contributed by atoms with E-state index < -0.39 is 0 Å². The van der Waals surface area contributed by atoms with E-state index in [1.54, 1.807) is 0 Å². The fourth-order valence-corrected chi connectivity index (χ4v) is 4.35. The molecule has 0 radical (unpaired) electrons. The van der Waals surface area contributed by atoms with Crippen molar-refractivity contribution in [2.24, 2.45) is 7.05 Å². The zero-order valence-corrected chi connectivity index (χ0v) is 14.5. The van der Waals surface area contributed by atoms with E-state index in [0.29, 0.717) is 12.0 Å². The monoisotopic (exact) mass is 326 g/mol. The summed E-state index contributed by atoms with van der Waals surface area (Å²) in [6, 6.07) is 0.414. The van der Waals surface area contributed by atoms with E-state index in [1.165, 1.54) is 68.0 Å². The van der Waals surface area contributed by atoms with Gasteiger partial charge in [0.05, 0.1) is 18.3 Å². The second kappa shape index (κ2) is 5.69. The van der Waals surface area contributed by atoms with Gasteiger partial charge in [0.1, 0.15) is 17.5 Å². The zero-order chi connectivity index (χ0) is 16.1. The summed E-state index contributed by atoms with van der Waals surface area (Å²) in [5.41, 5.74) is 2.70. The highest BCUT2D eigenvalue weighted by atomic mass is 15.3. The summed E-state index contributed by atoms with van der Waals surface area (Å²) in [5.74, 6) is 4.11. The van der Waals surface area contributed by atoms with Crippen molar-refractivity contribution in [2.45, 2.75) is 69.9 Å². The molecule has 0 aromatic carbocycles. The Hall–Kier alpha value is -1.69. The Kier molecular flexibility index (Phi) is 3.47. The number of nitrogens with zero attached hydrogens (tertiary/aromatic N) is 5. The molecule has 24 heavy (non-hydrogen) atoms. The molecule has 1 aliphatic heterocycles. The zero-order valence-electron chi connectivity index (χ0n) is 14.5. The average molecular weight is 326 g/mol. The van der Waals surface area contributed by atoms with Crippen LogP contribution in [0.25, 0.3) is 0 Å². The number of fused-ring (bicyclic) bond motifs is 1. The molecule has 1 atom stereocenters. The van der Waals surface area contributed by atoms with Gasteiger partial charge in [-0.15, -0.1) is 10.2 Å². The van der Waals surface area contributed by atoms with Crippen molar-refractivity contribution >= 4 is 0 Å². The lowest BCUT2D eigenvalue weighted by atomic mass is 10.0. The molecule has 2 aromatic rings. The van der Waals surface area contributed by atoms with Crippen LogP contribution >= 0.6 is 0 Å². The fourth-order valence-electron chi connectivity index (χ4n) is 4.35. The van der Waals surface area contributed by atoms with E-state index in [2.05, 4.69) is 31.7 Å². The highest BCUT2D eigenvalue weighted by Gasteiger charge is 2.33. The molecule has 6 heteroatoms. The van der Waals surface area contributed by atoms with E-state index in [4.69, 9.17) is 4.98 Å². The minimum absolute atomic E-state index is 0.414. The van der Waals surface area contributed by atoms with Crippen LogP contribution in [0.5, 0.6) is 0 Å². The maximum Gasteiger partial charge on any atom is 0.146 e. The molecule has 2 aliphatic carbocycles.